The Morgan fingerprint density at radius 2 is 1.48 bits per heavy atom. The van der Waals surface area contributed by atoms with Gasteiger partial charge in [-0.2, -0.15) is 0 Å². The number of rotatable bonds is 5. The molecule has 0 saturated heterocycles. The van der Waals surface area contributed by atoms with Gasteiger partial charge in [0.15, 0.2) is 0 Å². The van der Waals surface area contributed by atoms with Gasteiger partial charge in [0.1, 0.15) is 0 Å². The highest BCUT2D eigenvalue weighted by atomic mass is 16.3. The van der Waals surface area contributed by atoms with Crippen LogP contribution in [0, 0.1) is 24.7 Å². The van der Waals surface area contributed by atoms with Crippen molar-refractivity contribution in [3.63, 3.8) is 0 Å². The highest BCUT2D eigenvalue weighted by Gasteiger charge is 2.34. The second kappa shape index (κ2) is 8.54. The predicted octanol–water partition coefficient (Wildman–Crippen LogP) is 6.54. The number of benzene rings is 1. The molecule has 0 unspecified atom stereocenters. The first-order valence-corrected chi connectivity index (χ1v) is 10.6. The van der Waals surface area contributed by atoms with Crippen molar-refractivity contribution in [1.82, 2.24) is 0 Å². The zero-order valence-corrected chi connectivity index (χ0v) is 16.2. The standard InChI is InChI=1S/C24H36O/c1-3-4-20-7-9-21(10-8-20)11-12-22-15-17-24(25,18-16-22)23-13-5-19(2)6-14-23/h5-6,11-14,20-22,25H,3-4,7-10,15-18H2,1-2H3/b12-11+. The van der Waals surface area contributed by atoms with Crippen molar-refractivity contribution in [1.29, 1.82) is 0 Å². The minimum atomic E-state index is -0.601. The molecular weight excluding hydrogens is 304 g/mol. The van der Waals surface area contributed by atoms with Crippen molar-refractivity contribution in [2.45, 2.75) is 83.7 Å². The zero-order chi connectivity index (χ0) is 17.7. The van der Waals surface area contributed by atoms with Gasteiger partial charge in [0, 0.05) is 0 Å². The second-order valence-electron chi connectivity index (χ2n) is 8.69. The molecule has 0 bridgehead atoms. The lowest BCUT2D eigenvalue weighted by molar-refractivity contribution is -0.00892. The van der Waals surface area contributed by atoms with Gasteiger partial charge in [-0.15, -0.1) is 0 Å². The number of aliphatic hydroxyl groups is 1. The Kier molecular flexibility index (Phi) is 6.39. The molecule has 0 atom stereocenters. The minimum Gasteiger partial charge on any atom is -0.385 e. The highest BCUT2D eigenvalue weighted by Crippen LogP contribution is 2.40. The lowest BCUT2D eigenvalue weighted by Gasteiger charge is -2.36. The predicted molar refractivity (Wildman–Crippen MR) is 107 cm³/mol. The van der Waals surface area contributed by atoms with Crippen LogP contribution in [0.25, 0.3) is 0 Å². The summed E-state index contributed by atoms with van der Waals surface area (Å²) in [7, 11) is 0. The number of allylic oxidation sites excluding steroid dienone is 2. The summed E-state index contributed by atoms with van der Waals surface area (Å²) in [5, 5.41) is 11.0. The average Bonchev–Trinajstić information content (AvgIpc) is 2.63. The monoisotopic (exact) mass is 340 g/mol. The molecule has 0 heterocycles. The van der Waals surface area contributed by atoms with Gasteiger partial charge in [-0.25, -0.2) is 0 Å². The molecule has 0 radical (unpaired) electrons. The second-order valence-corrected chi connectivity index (χ2v) is 8.69. The molecule has 2 aliphatic rings. The summed E-state index contributed by atoms with van der Waals surface area (Å²) in [5.41, 5.74) is 1.77. The van der Waals surface area contributed by atoms with E-state index in [9.17, 15) is 5.11 Å². The van der Waals surface area contributed by atoms with E-state index in [2.05, 4.69) is 50.3 Å². The van der Waals surface area contributed by atoms with Gasteiger partial charge >= 0.3 is 0 Å². The topological polar surface area (TPSA) is 20.2 Å². The summed E-state index contributed by atoms with van der Waals surface area (Å²) in [5.74, 6) is 2.47. The minimum absolute atomic E-state index is 0.601. The van der Waals surface area contributed by atoms with Crippen LogP contribution in [-0.4, -0.2) is 5.11 Å². The number of hydrogen-bond donors (Lipinski definition) is 1. The van der Waals surface area contributed by atoms with Crippen LogP contribution in [0.5, 0.6) is 0 Å². The maximum Gasteiger partial charge on any atom is 0.0897 e. The van der Waals surface area contributed by atoms with Gasteiger partial charge in [0.05, 0.1) is 5.60 Å². The van der Waals surface area contributed by atoms with Gasteiger partial charge in [-0.3, -0.25) is 0 Å². The first-order chi connectivity index (χ1) is 12.1. The summed E-state index contributed by atoms with van der Waals surface area (Å²) >= 11 is 0. The first-order valence-electron chi connectivity index (χ1n) is 10.6. The van der Waals surface area contributed by atoms with Crippen molar-refractivity contribution in [2.24, 2.45) is 17.8 Å². The zero-order valence-electron chi connectivity index (χ0n) is 16.2. The van der Waals surface area contributed by atoms with Crippen molar-refractivity contribution in [2.75, 3.05) is 0 Å². The van der Waals surface area contributed by atoms with Gasteiger partial charge in [0.25, 0.3) is 0 Å². The van der Waals surface area contributed by atoms with Crippen LogP contribution in [-0.2, 0) is 5.60 Å². The Labute approximate surface area is 154 Å². The summed E-state index contributed by atoms with van der Waals surface area (Å²) in [6.07, 6.45) is 17.4. The molecule has 25 heavy (non-hydrogen) atoms. The fourth-order valence-corrected chi connectivity index (χ4v) is 4.85. The van der Waals surface area contributed by atoms with Crippen LogP contribution in [0.15, 0.2) is 36.4 Å². The summed E-state index contributed by atoms with van der Waals surface area (Å²) in [6, 6.07) is 8.46. The Morgan fingerprint density at radius 3 is 2.04 bits per heavy atom. The fourth-order valence-electron chi connectivity index (χ4n) is 4.85. The smallest absolute Gasteiger partial charge is 0.0897 e. The molecule has 2 aliphatic carbocycles. The van der Waals surface area contributed by atoms with Crippen LogP contribution in [0.2, 0.25) is 0 Å². The van der Waals surface area contributed by atoms with Crippen LogP contribution in [0.1, 0.15) is 82.3 Å². The molecule has 1 aromatic rings. The van der Waals surface area contributed by atoms with Crippen LogP contribution in [0.4, 0.5) is 0 Å². The molecule has 0 aliphatic heterocycles. The normalized spacial score (nSPS) is 33.6. The van der Waals surface area contributed by atoms with E-state index in [0.717, 1.165) is 43.1 Å². The molecule has 1 nitrogen and oxygen atoms in total. The Morgan fingerprint density at radius 1 is 0.920 bits per heavy atom. The molecule has 1 heteroatoms. The van der Waals surface area contributed by atoms with E-state index in [0.29, 0.717) is 5.92 Å². The lowest BCUT2D eigenvalue weighted by atomic mass is 9.74. The van der Waals surface area contributed by atoms with E-state index >= 15 is 0 Å². The largest absolute Gasteiger partial charge is 0.385 e. The molecular formula is C24H36O. The lowest BCUT2D eigenvalue weighted by Crippen LogP contribution is -2.31. The number of hydrogen-bond acceptors (Lipinski definition) is 1. The Hall–Kier alpha value is -1.08. The highest BCUT2D eigenvalue weighted by molar-refractivity contribution is 5.27. The van der Waals surface area contributed by atoms with Gasteiger partial charge in [0.2, 0.25) is 0 Å². The van der Waals surface area contributed by atoms with E-state index in [4.69, 9.17) is 0 Å². The molecule has 1 aromatic carbocycles. The summed E-state index contributed by atoms with van der Waals surface area (Å²) < 4.78 is 0. The van der Waals surface area contributed by atoms with E-state index in [1.165, 1.54) is 44.1 Å². The Bertz CT molecular complexity index is 540. The van der Waals surface area contributed by atoms with Crippen LogP contribution in [0.3, 0.4) is 0 Å². The molecule has 138 valence electrons. The molecule has 0 spiro atoms. The third kappa shape index (κ3) is 4.97. The van der Waals surface area contributed by atoms with E-state index < -0.39 is 5.60 Å². The van der Waals surface area contributed by atoms with Crippen molar-refractivity contribution in [3.05, 3.63) is 47.5 Å². The third-order valence-corrected chi connectivity index (χ3v) is 6.69. The van der Waals surface area contributed by atoms with Crippen molar-refractivity contribution < 1.29 is 5.11 Å². The summed E-state index contributed by atoms with van der Waals surface area (Å²) in [4.78, 5) is 0. The maximum atomic E-state index is 11.0. The van der Waals surface area contributed by atoms with Crippen LogP contribution >= 0.6 is 0 Å². The van der Waals surface area contributed by atoms with Gasteiger partial charge in [-0.1, -0.05) is 61.7 Å². The van der Waals surface area contributed by atoms with Crippen molar-refractivity contribution >= 4 is 0 Å². The number of aryl methyl sites for hydroxylation is 1. The van der Waals surface area contributed by atoms with E-state index in [-0.39, 0.29) is 0 Å². The van der Waals surface area contributed by atoms with Gasteiger partial charge < -0.3 is 5.11 Å². The summed E-state index contributed by atoms with van der Waals surface area (Å²) in [6.45, 7) is 4.41. The maximum absolute atomic E-state index is 11.0. The average molecular weight is 341 g/mol. The first kappa shape index (κ1) is 18.7. The van der Waals surface area contributed by atoms with Crippen LogP contribution < -0.4 is 0 Å². The molecule has 0 amide bonds. The molecule has 3 rings (SSSR count). The van der Waals surface area contributed by atoms with E-state index in [1.54, 1.807) is 0 Å². The molecule has 2 saturated carbocycles. The fraction of sp³-hybridized carbons (Fsp3) is 0.667. The molecule has 2 fully saturated rings. The van der Waals surface area contributed by atoms with E-state index in [1.807, 2.05) is 0 Å². The third-order valence-electron chi connectivity index (χ3n) is 6.69. The van der Waals surface area contributed by atoms with Gasteiger partial charge in [-0.05, 0) is 81.6 Å². The molecule has 1 N–H and O–H groups in total. The van der Waals surface area contributed by atoms with Crippen molar-refractivity contribution in [3.8, 4) is 0 Å². The quantitative estimate of drug-likeness (QED) is 0.604. The Balaban J connectivity index is 1.47. The molecule has 0 aromatic heterocycles. The SMILES string of the molecule is CCCC1CCC(/C=C/C2CCC(O)(c3ccc(C)cc3)CC2)CC1.